The van der Waals surface area contributed by atoms with E-state index in [-0.39, 0.29) is 24.1 Å². The first-order valence-electron chi connectivity index (χ1n) is 16.4. The fourth-order valence-electron chi connectivity index (χ4n) is 6.30. The minimum absolute atomic E-state index is 0.214. The summed E-state index contributed by atoms with van der Waals surface area (Å²) >= 11 is 1.52. The molecule has 3 N–H and O–H groups in total. The van der Waals surface area contributed by atoms with Gasteiger partial charge in [-0.05, 0) is 72.5 Å². The van der Waals surface area contributed by atoms with E-state index in [1.54, 1.807) is 25.1 Å². The highest BCUT2D eigenvalue weighted by Gasteiger charge is 2.41. The lowest BCUT2D eigenvalue weighted by Crippen LogP contribution is -2.54. The number of carbonyl (C=O) groups is 3. The van der Waals surface area contributed by atoms with Gasteiger partial charge in [0.2, 0.25) is 17.7 Å². The van der Waals surface area contributed by atoms with Crippen LogP contribution in [0.25, 0.3) is 10.8 Å². The average Bonchev–Trinajstić information content (AvgIpc) is 3.63. The molecule has 0 bridgehead atoms. The summed E-state index contributed by atoms with van der Waals surface area (Å²) in [4.78, 5) is 48.1. The van der Waals surface area contributed by atoms with Crippen molar-refractivity contribution in [1.29, 1.82) is 0 Å². The van der Waals surface area contributed by atoms with Gasteiger partial charge in [-0.2, -0.15) is 0 Å². The van der Waals surface area contributed by atoms with Gasteiger partial charge in [0.15, 0.2) is 0 Å². The number of likely N-dealkylation sites (N-methyl/N-ethyl adjacent to an activating group) is 2. The molecule has 2 atom stereocenters. The number of amides is 3. The monoisotopic (exact) mass is 666 g/mol. The van der Waals surface area contributed by atoms with Gasteiger partial charge in [0, 0.05) is 44.0 Å². The topological polar surface area (TPSA) is 107 Å². The van der Waals surface area contributed by atoms with E-state index in [2.05, 4.69) is 0 Å². The second-order valence-electron chi connectivity index (χ2n) is 13.5. The van der Waals surface area contributed by atoms with E-state index in [4.69, 9.17) is 5.73 Å². The maximum Gasteiger partial charge on any atom is 0.250 e. The molecule has 4 aromatic rings. The number of hydrogen-bond acceptors (Lipinski definition) is 6. The fraction of sp³-hybridized carbons (Fsp3) is 0.359. The van der Waals surface area contributed by atoms with E-state index >= 15 is 0 Å². The third-order valence-electron chi connectivity index (χ3n) is 9.21. The third-order valence-corrected chi connectivity index (χ3v) is 10.3. The maximum absolute atomic E-state index is 14.6. The fourth-order valence-corrected chi connectivity index (χ4v) is 7.19. The lowest BCUT2D eigenvalue weighted by atomic mass is 9.89. The lowest BCUT2D eigenvalue weighted by molar-refractivity contribution is -0.151. The second kappa shape index (κ2) is 14.8. The van der Waals surface area contributed by atoms with Crippen molar-refractivity contribution in [1.82, 2.24) is 14.7 Å². The highest BCUT2D eigenvalue weighted by Crippen LogP contribution is 2.37. The first kappa shape index (κ1) is 35.0. The van der Waals surface area contributed by atoms with Crippen molar-refractivity contribution < 1.29 is 19.5 Å². The number of hydrogen-bond donors (Lipinski definition) is 2. The number of piperidine rings is 1. The third kappa shape index (κ3) is 8.21. The number of fused-ring (bicyclic) bond motifs is 1. The Hall–Kier alpha value is -4.31. The van der Waals surface area contributed by atoms with Crippen molar-refractivity contribution in [3.8, 4) is 0 Å². The number of aliphatic hydroxyl groups is 1. The summed E-state index contributed by atoms with van der Waals surface area (Å²) < 4.78 is 0. The highest BCUT2D eigenvalue weighted by molar-refractivity contribution is 7.10. The maximum atomic E-state index is 14.6. The summed E-state index contributed by atoms with van der Waals surface area (Å²) in [5, 5.41) is 15.4. The number of nitrogens with zero attached hydrogens (tertiary/aromatic N) is 3. The van der Waals surface area contributed by atoms with Gasteiger partial charge in [-0.1, -0.05) is 84.9 Å². The van der Waals surface area contributed by atoms with Crippen LogP contribution in [0.2, 0.25) is 0 Å². The number of carbonyl (C=O) groups excluding carboxylic acids is 3. The predicted octanol–water partition coefficient (Wildman–Crippen LogP) is 5.66. The summed E-state index contributed by atoms with van der Waals surface area (Å²) in [6.07, 6.45) is 4.79. The van der Waals surface area contributed by atoms with E-state index in [1.807, 2.05) is 104 Å². The van der Waals surface area contributed by atoms with Crippen LogP contribution in [-0.2, 0) is 26.4 Å². The SMILES string of the molecule is CN(C(=O)[C@@H](Cc1ccc2ccccc2c1)N(C)C(=O)/C=C/CC(C)(C)N)C(C(=O)N1CCC(O)(c2cccs2)CC1)c1ccccc1. The van der Waals surface area contributed by atoms with Gasteiger partial charge in [-0.25, -0.2) is 0 Å². The van der Waals surface area contributed by atoms with Crippen LogP contribution in [-0.4, -0.2) is 76.3 Å². The molecule has 1 saturated heterocycles. The van der Waals surface area contributed by atoms with E-state index in [0.29, 0.717) is 37.9 Å². The molecule has 0 aliphatic carbocycles. The van der Waals surface area contributed by atoms with E-state index < -0.39 is 23.2 Å². The molecule has 0 radical (unpaired) electrons. The quantitative estimate of drug-likeness (QED) is 0.201. The zero-order valence-corrected chi connectivity index (χ0v) is 29.0. The molecule has 1 fully saturated rings. The Kier molecular flexibility index (Phi) is 10.8. The van der Waals surface area contributed by atoms with Crippen LogP contribution in [0.3, 0.4) is 0 Å². The lowest BCUT2D eigenvalue weighted by Gasteiger charge is -2.41. The van der Waals surface area contributed by atoms with Gasteiger partial charge in [-0.15, -0.1) is 11.3 Å². The zero-order valence-electron chi connectivity index (χ0n) is 28.2. The number of likely N-dealkylation sites (tertiary alicyclic amines) is 1. The molecular weight excluding hydrogens is 621 g/mol. The largest absolute Gasteiger partial charge is 0.384 e. The summed E-state index contributed by atoms with van der Waals surface area (Å²) in [5.74, 6) is -0.882. The summed E-state index contributed by atoms with van der Waals surface area (Å²) in [6.45, 7) is 4.50. The van der Waals surface area contributed by atoms with Crippen LogP contribution in [0.5, 0.6) is 0 Å². The highest BCUT2D eigenvalue weighted by atomic mass is 32.1. The van der Waals surface area contributed by atoms with Crippen molar-refractivity contribution in [2.75, 3.05) is 27.2 Å². The second-order valence-corrected chi connectivity index (χ2v) is 14.5. The Labute approximate surface area is 287 Å². The smallest absolute Gasteiger partial charge is 0.250 e. The normalized spacial score (nSPS) is 16.1. The Morgan fingerprint density at radius 3 is 2.25 bits per heavy atom. The first-order chi connectivity index (χ1) is 22.9. The van der Waals surface area contributed by atoms with Gasteiger partial charge in [0.05, 0.1) is 0 Å². The molecule has 48 heavy (non-hydrogen) atoms. The Morgan fingerprint density at radius 2 is 1.60 bits per heavy atom. The van der Waals surface area contributed by atoms with Crippen molar-refractivity contribution in [2.45, 2.75) is 62.8 Å². The van der Waals surface area contributed by atoms with Gasteiger partial charge >= 0.3 is 0 Å². The van der Waals surface area contributed by atoms with Crippen LogP contribution in [0.15, 0.2) is 102 Å². The van der Waals surface area contributed by atoms with Gasteiger partial charge in [-0.3, -0.25) is 14.4 Å². The van der Waals surface area contributed by atoms with E-state index in [0.717, 1.165) is 21.2 Å². The van der Waals surface area contributed by atoms with Crippen LogP contribution >= 0.6 is 11.3 Å². The zero-order chi connectivity index (χ0) is 34.5. The summed E-state index contributed by atoms with van der Waals surface area (Å²) in [7, 11) is 3.27. The van der Waals surface area contributed by atoms with E-state index in [1.165, 1.54) is 27.2 Å². The van der Waals surface area contributed by atoms with E-state index in [9.17, 15) is 19.5 Å². The molecule has 9 heteroatoms. The van der Waals surface area contributed by atoms with Crippen molar-refractivity contribution in [3.05, 3.63) is 118 Å². The van der Waals surface area contributed by atoms with Gasteiger partial charge in [0.25, 0.3) is 0 Å². The van der Waals surface area contributed by atoms with Crippen molar-refractivity contribution in [3.63, 3.8) is 0 Å². The molecule has 1 aromatic heterocycles. The molecule has 3 aromatic carbocycles. The number of rotatable bonds is 11. The van der Waals surface area contributed by atoms with Gasteiger partial charge in [0.1, 0.15) is 17.7 Å². The molecule has 1 aliphatic heterocycles. The Morgan fingerprint density at radius 1 is 0.938 bits per heavy atom. The molecule has 252 valence electrons. The predicted molar refractivity (Wildman–Crippen MR) is 192 cm³/mol. The van der Waals surface area contributed by atoms with Crippen LogP contribution in [0, 0.1) is 0 Å². The van der Waals surface area contributed by atoms with Crippen molar-refractivity contribution >= 4 is 39.8 Å². The molecule has 0 saturated carbocycles. The standard InChI is InChI=1S/C39H46N4O4S/c1-38(2,40)20-10-17-34(44)41(3)32(27-28-18-19-29-12-8-9-15-31(29)26-28)36(45)42(4)35(30-13-6-5-7-14-30)37(46)43-23-21-39(47,22-24-43)33-16-11-25-48-33/h5-19,25-26,32,35,47H,20-24,27,40H2,1-4H3/b17-10+/t32-,35?/m1/s1. The van der Waals surface area contributed by atoms with Crippen LogP contribution in [0.4, 0.5) is 0 Å². The number of thiophene rings is 1. The molecule has 3 amide bonds. The molecular formula is C39H46N4O4S. The Balaban J connectivity index is 1.44. The molecule has 0 spiro atoms. The van der Waals surface area contributed by atoms with Gasteiger partial charge < -0.3 is 25.5 Å². The van der Waals surface area contributed by atoms with Crippen LogP contribution in [0.1, 0.15) is 55.2 Å². The van der Waals surface area contributed by atoms with Crippen molar-refractivity contribution in [2.24, 2.45) is 5.73 Å². The molecule has 2 heterocycles. The minimum atomic E-state index is -0.977. The average molecular weight is 667 g/mol. The minimum Gasteiger partial charge on any atom is -0.384 e. The molecule has 1 aliphatic rings. The molecule has 5 rings (SSSR count). The summed E-state index contributed by atoms with van der Waals surface area (Å²) in [5.41, 5.74) is 6.25. The first-order valence-corrected chi connectivity index (χ1v) is 17.3. The van der Waals surface area contributed by atoms with Crippen LogP contribution < -0.4 is 5.73 Å². The Bertz CT molecular complexity index is 1740. The number of nitrogens with two attached hydrogens (primary N) is 1. The molecule has 8 nitrogen and oxygen atoms in total. The summed E-state index contributed by atoms with van der Waals surface area (Å²) in [6, 6.07) is 25.4. The molecule has 1 unspecified atom stereocenters. The number of benzene rings is 3.